The minimum Gasteiger partial charge on any atom is -0.460 e. The summed E-state index contributed by atoms with van der Waals surface area (Å²) in [4.78, 5) is 8.80. The van der Waals surface area contributed by atoms with Crippen molar-refractivity contribution in [2.45, 2.75) is 0 Å². The summed E-state index contributed by atoms with van der Waals surface area (Å²) in [5.74, 6) is 1.37. The third-order valence-electron chi connectivity index (χ3n) is 2.74. The van der Waals surface area contributed by atoms with Gasteiger partial charge in [-0.3, -0.25) is 0 Å². The number of nitrogen functional groups attached to an aromatic ring is 1. The molecule has 2 heterocycles. The quantitative estimate of drug-likeness (QED) is 0.694. The number of halogens is 2. The summed E-state index contributed by atoms with van der Waals surface area (Å²) in [6, 6.07) is 11.6. The van der Waals surface area contributed by atoms with E-state index in [0.29, 0.717) is 21.9 Å². The third-order valence-corrected chi connectivity index (χ3v) is 4.15. The van der Waals surface area contributed by atoms with Crippen LogP contribution in [0.2, 0.25) is 0 Å². The summed E-state index contributed by atoms with van der Waals surface area (Å²) in [5, 5.41) is 0. The summed E-state index contributed by atoms with van der Waals surface area (Å²) < 4.78 is 6.86. The van der Waals surface area contributed by atoms with Crippen molar-refractivity contribution in [1.82, 2.24) is 9.97 Å². The van der Waals surface area contributed by atoms with Crippen molar-refractivity contribution in [2.75, 3.05) is 5.73 Å². The number of rotatable bonds is 2. The molecule has 0 spiro atoms. The fourth-order valence-corrected chi connectivity index (χ4v) is 2.59. The van der Waals surface area contributed by atoms with Gasteiger partial charge < -0.3 is 10.2 Å². The van der Waals surface area contributed by atoms with E-state index >= 15 is 0 Å². The lowest BCUT2D eigenvalue weighted by Crippen LogP contribution is -2.00. The van der Waals surface area contributed by atoms with Crippen LogP contribution in [0.15, 0.2) is 56.0 Å². The minimum atomic E-state index is 0.372. The van der Waals surface area contributed by atoms with Gasteiger partial charge in [-0.2, -0.15) is 0 Å². The van der Waals surface area contributed by atoms with Crippen molar-refractivity contribution >= 4 is 37.7 Å². The van der Waals surface area contributed by atoms with Crippen molar-refractivity contribution in [2.24, 2.45) is 0 Å². The van der Waals surface area contributed by atoms with Gasteiger partial charge in [-0.05, 0) is 37.9 Å². The van der Waals surface area contributed by atoms with Crippen LogP contribution in [0.1, 0.15) is 0 Å². The lowest BCUT2D eigenvalue weighted by Gasteiger charge is -2.08. The Morgan fingerprint density at radius 2 is 1.75 bits per heavy atom. The fraction of sp³-hybridized carbons (Fsp3) is 0. The van der Waals surface area contributed by atoms with Gasteiger partial charge in [0.1, 0.15) is 5.82 Å². The molecule has 3 aromatic rings. The maximum atomic E-state index is 5.96. The molecule has 0 atom stereocenters. The van der Waals surface area contributed by atoms with Gasteiger partial charge in [0.05, 0.1) is 20.9 Å². The SMILES string of the molecule is Nc1nc(-c2occc2Br)nc(-c2ccccc2)c1Br. The predicted octanol–water partition coefficient (Wildman–Crippen LogP) is 4.51. The average Bonchev–Trinajstić information content (AvgIpc) is 2.89. The number of nitrogens with two attached hydrogens (primary N) is 1. The first-order valence-corrected chi connectivity index (χ1v) is 7.37. The van der Waals surface area contributed by atoms with Crippen molar-refractivity contribution in [3.05, 3.63) is 51.6 Å². The third kappa shape index (κ3) is 2.36. The second-order valence-electron chi connectivity index (χ2n) is 4.06. The highest BCUT2D eigenvalue weighted by atomic mass is 79.9. The van der Waals surface area contributed by atoms with Gasteiger partial charge in [0.15, 0.2) is 11.6 Å². The molecule has 0 radical (unpaired) electrons. The van der Waals surface area contributed by atoms with Crippen LogP contribution in [0.25, 0.3) is 22.8 Å². The Morgan fingerprint density at radius 1 is 1.00 bits per heavy atom. The van der Waals surface area contributed by atoms with E-state index < -0.39 is 0 Å². The smallest absolute Gasteiger partial charge is 0.199 e. The highest BCUT2D eigenvalue weighted by molar-refractivity contribution is 9.11. The molecule has 4 nitrogen and oxygen atoms in total. The molecule has 2 N–H and O–H groups in total. The van der Waals surface area contributed by atoms with Crippen molar-refractivity contribution in [3.8, 4) is 22.8 Å². The van der Waals surface area contributed by atoms with Crippen LogP contribution in [0.4, 0.5) is 5.82 Å². The van der Waals surface area contributed by atoms with E-state index in [4.69, 9.17) is 10.2 Å². The standard InChI is InChI=1S/C14H9Br2N3O/c15-9-6-7-20-12(9)14-18-11(10(16)13(17)19-14)8-4-2-1-3-5-8/h1-7H,(H2,17,18,19). The number of anilines is 1. The topological polar surface area (TPSA) is 64.9 Å². The molecule has 0 aliphatic heterocycles. The summed E-state index contributed by atoms with van der Waals surface area (Å²) in [6.07, 6.45) is 1.57. The van der Waals surface area contributed by atoms with Crippen LogP contribution in [0.3, 0.4) is 0 Å². The fourth-order valence-electron chi connectivity index (χ4n) is 1.81. The Kier molecular flexibility index (Phi) is 3.58. The molecule has 0 amide bonds. The molecule has 0 unspecified atom stereocenters. The number of hydrogen-bond donors (Lipinski definition) is 1. The maximum Gasteiger partial charge on any atom is 0.199 e. The predicted molar refractivity (Wildman–Crippen MR) is 85.0 cm³/mol. The molecular weight excluding hydrogens is 386 g/mol. The monoisotopic (exact) mass is 393 g/mol. The maximum absolute atomic E-state index is 5.96. The normalized spacial score (nSPS) is 10.7. The van der Waals surface area contributed by atoms with Gasteiger partial charge in [0.25, 0.3) is 0 Å². The molecule has 6 heteroatoms. The molecule has 0 aliphatic rings. The van der Waals surface area contributed by atoms with E-state index in [-0.39, 0.29) is 0 Å². The molecule has 20 heavy (non-hydrogen) atoms. The Balaban J connectivity index is 2.21. The number of aromatic nitrogens is 2. The van der Waals surface area contributed by atoms with E-state index in [2.05, 4.69) is 41.8 Å². The van der Waals surface area contributed by atoms with E-state index in [1.54, 1.807) is 12.3 Å². The van der Waals surface area contributed by atoms with E-state index in [0.717, 1.165) is 15.7 Å². The van der Waals surface area contributed by atoms with Gasteiger partial charge in [-0.25, -0.2) is 9.97 Å². The van der Waals surface area contributed by atoms with E-state index in [9.17, 15) is 0 Å². The first-order valence-electron chi connectivity index (χ1n) is 5.78. The summed E-state index contributed by atoms with van der Waals surface area (Å²) in [6.45, 7) is 0. The Hall–Kier alpha value is -1.66. The number of benzene rings is 1. The zero-order valence-corrected chi connectivity index (χ0v) is 13.3. The molecular formula is C14H9Br2N3O. The lowest BCUT2D eigenvalue weighted by molar-refractivity contribution is 0.576. The first-order chi connectivity index (χ1) is 9.66. The number of furan rings is 1. The number of nitrogens with zero attached hydrogens (tertiary/aromatic N) is 2. The molecule has 0 bridgehead atoms. The average molecular weight is 395 g/mol. The Bertz CT molecular complexity index is 756. The summed E-state index contributed by atoms with van der Waals surface area (Å²) in [5.41, 5.74) is 7.65. The van der Waals surface area contributed by atoms with Crippen LogP contribution in [-0.2, 0) is 0 Å². The van der Waals surface area contributed by atoms with Crippen LogP contribution in [-0.4, -0.2) is 9.97 Å². The Morgan fingerprint density at radius 3 is 2.40 bits per heavy atom. The highest BCUT2D eigenvalue weighted by Gasteiger charge is 2.16. The van der Waals surface area contributed by atoms with Crippen molar-refractivity contribution in [1.29, 1.82) is 0 Å². The van der Waals surface area contributed by atoms with Crippen molar-refractivity contribution in [3.63, 3.8) is 0 Å². The zero-order chi connectivity index (χ0) is 14.1. The van der Waals surface area contributed by atoms with Gasteiger partial charge in [-0.1, -0.05) is 30.3 Å². The number of hydrogen-bond acceptors (Lipinski definition) is 4. The Labute approximate surface area is 132 Å². The zero-order valence-electron chi connectivity index (χ0n) is 10.2. The molecule has 0 aliphatic carbocycles. The van der Waals surface area contributed by atoms with Gasteiger partial charge >= 0.3 is 0 Å². The largest absolute Gasteiger partial charge is 0.460 e. The molecule has 2 aromatic heterocycles. The molecule has 1 aromatic carbocycles. The second kappa shape index (κ2) is 5.38. The van der Waals surface area contributed by atoms with Gasteiger partial charge in [-0.15, -0.1) is 0 Å². The van der Waals surface area contributed by atoms with E-state index in [1.807, 2.05) is 30.3 Å². The first kappa shape index (κ1) is 13.3. The van der Waals surface area contributed by atoms with Crippen LogP contribution < -0.4 is 5.73 Å². The summed E-state index contributed by atoms with van der Waals surface area (Å²) in [7, 11) is 0. The second-order valence-corrected chi connectivity index (χ2v) is 5.71. The summed E-state index contributed by atoms with van der Waals surface area (Å²) >= 11 is 6.84. The van der Waals surface area contributed by atoms with E-state index in [1.165, 1.54) is 0 Å². The molecule has 0 saturated carbocycles. The van der Waals surface area contributed by atoms with Crippen LogP contribution >= 0.6 is 31.9 Å². The molecule has 0 saturated heterocycles. The van der Waals surface area contributed by atoms with Crippen LogP contribution in [0, 0.1) is 0 Å². The minimum absolute atomic E-state index is 0.372. The molecule has 0 fully saturated rings. The van der Waals surface area contributed by atoms with Gasteiger partial charge in [0.2, 0.25) is 0 Å². The van der Waals surface area contributed by atoms with Gasteiger partial charge in [0, 0.05) is 5.56 Å². The van der Waals surface area contributed by atoms with Crippen molar-refractivity contribution < 1.29 is 4.42 Å². The van der Waals surface area contributed by atoms with Crippen LogP contribution in [0.5, 0.6) is 0 Å². The molecule has 3 rings (SSSR count). The molecule has 100 valence electrons. The highest BCUT2D eigenvalue weighted by Crippen LogP contribution is 2.34. The lowest BCUT2D eigenvalue weighted by atomic mass is 10.1.